The molecule has 0 bridgehead atoms. The second-order valence-electron chi connectivity index (χ2n) is 9.19. The minimum atomic E-state index is -0.377. The second kappa shape index (κ2) is 8.53. The molecule has 1 aliphatic rings. The third-order valence-corrected chi connectivity index (χ3v) is 5.35. The summed E-state index contributed by atoms with van der Waals surface area (Å²) in [7, 11) is 0. The van der Waals surface area contributed by atoms with E-state index in [9.17, 15) is 9.59 Å². The van der Waals surface area contributed by atoms with Gasteiger partial charge in [0.2, 0.25) is 11.8 Å². The Kier molecular flexibility index (Phi) is 5.78. The molecule has 0 spiro atoms. The van der Waals surface area contributed by atoms with E-state index in [4.69, 9.17) is 4.52 Å². The zero-order valence-electron chi connectivity index (χ0n) is 18.7. The van der Waals surface area contributed by atoms with Crippen molar-refractivity contribution in [2.45, 2.75) is 52.5 Å². The van der Waals surface area contributed by atoms with Gasteiger partial charge in [0.05, 0.1) is 0 Å². The quantitative estimate of drug-likeness (QED) is 0.608. The zero-order valence-corrected chi connectivity index (χ0v) is 18.7. The molecule has 2 amide bonds. The van der Waals surface area contributed by atoms with E-state index in [0.29, 0.717) is 18.3 Å². The highest BCUT2D eigenvalue weighted by atomic mass is 16.5. The molecule has 0 atom stereocenters. The van der Waals surface area contributed by atoms with Crippen LogP contribution in [-0.4, -0.2) is 26.9 Å². The summed E-state index contributed by atoms with van der Waals surface area (Å²) < 4.78 is 5.19. The van der Waals surface area contributed by atoms with Gasteiger partial charge in [-0.3, -0.25) is 9.59 Å². The lowest BCUT2D eigenvalue weighted by molar-refractivity contribution is -0.117. The van der Waals surface area contributed by atoms with Gasteiger partial charge in [0.25, 0.3) is 11.7 Å². The van der Waals surface area contributed by atoms with E-state index in [2.05, 4.69) is 31.8 Å². The Hall–Kier alpha value is -3.55. The lowest BCUT2D eigenvalue weighted by atomic mass is 9.97. The first-order valence-corrected chi connectivity index (χ1v) is 10.7. The molecule has 1 aromatic carbocycles. The molecule has 3 aromatic rings. The van der Waals surface area contributed by atoms with Gasteiger partial charge in [0, 0.05) is 24.1 Å². The maximum atomic E-state index is 12.4. The molecule has 1 fully saturated rings. The van der Waals surface area contributed by atoms with Crippen LogP contribution < -0.4 is 10.6 Å². The number of aryl methyl sites for hydroxylation is 1. The number of anilines is 1. The summed E-state index contributed by atoms with van der Waals surface area (Å²) in [6.07, 6.45) is 3.60. The summed E-state index contributed by atoms with van der Waals surface area (Å²) in [5.41, 5.74) is 3.68. The van der Waals surface area contributed by atoms with Gasteiger partial charge in [-0.2, -0.15) is 4.98 Å². The fraction of sp³-hybridized carbons (Fsp3) is 0.375. The van der Waals surface area contributed by atoms with Crippen LogP contribution >= 0.6 is 0 Å². The fourth-order valence-corrected chi connectivity index (χ4v) is 3.20. The van der Waals surface area contributed by atoms with Crippen molar-refractivity contribution in [3.63, 3.8) is 0 Å². The van der Waals surface area contributed by atoms with Crippen molar-refractivity contribution in [2.75, 3.05) is 5.32 Å². The molecule has 32 heavy (non-hydrogen) atoms. The summed E-state index contributed by atoms with van der Waals surface area (Å²) in [4.78, 5) is 32.8. The Morgan fingerprint density at radius 2 is 1.88 bits per heavy atom. The lowest BCUT2D eigenvalue weighted by Gasteiger charge is -2.11. The molecule has 0 saturated heterocycles. The highest BCUT2D eigenvalue weighted by molar-refractivity contribution is 5.93. The molecular weight excluding hydrogens is 406 g/mol. The highest BCUT2D eigenvalue weighted by Crippen LogP contribution is 2.30. The van der Waals surface area contributed by atoms with E-state index in [1.54, 1.807) is 6.20 Å². The molecule has 0 aliphatic heterocycles. The Morgan fingerprint density at radius 3 is 2.53 bits per heavy atom. The van der Waals surface area contributed by atoms with Crippen molar-refractivity contribution < 1.29 is 14.1 Å². The van der Waals surface area contributed by atoms with Crippen molar-refractivity contribution in [3.8, 4) is 11.1 Å². The van der Waals surface area contributed by atoms with Crippen LogP contribution in [0, 0.1) is 12.8 Å². The van der Waals surface area contributed by atoms with Gasteiger partial charge in [0.15, 0.2) is 0 Å². The van der Waals surface area contributed by atoms with Crippen molar-refractivity contribution in [1.82, 2.24) is 20.4 Å². The number of aromatic nitrogens is 3. The van der Waals surface area contributed by atoms with Crippen molar-refractivity contribution in [3.05, 3.63) is 59.4 Å². The van der Waals surface area contributed by atoms with Gasteiger partial charge >= 0.3 is 0 Å². The number of amides is 2. The summed E-state index contributed by atoms with van der Waals surface area (Å²) in [5, 5.41) is 9.51. The van der Waals surface area contributed by atoms with Crippen molar-refractivity contribution in [2.24, 2.45) is 5.92 Å². The molecule has 0 unspecified atom stereocenters. The number of hydrogen-bond donors (Lipinski definition) is 2. The average molecular weight is 434 g/mol. The number of rotatable bonds is 6. The van der Waals surface area contributed by atoms with Gasteiger partial charge in [-0.05, 0) is 54.2 Å². The van der Waals surface area contributed by atoms with E-state index in [1.165, 1.54) is 0 Å². The van der Waals surface area contributed by atoms with Gasteiger partial charge in [-0.25, -0.2) is 4.98 Å². The van der Waals surface area contributed by atoms with Crippen LogP contribution in [0.2, 0.25) is 0 Å². The highest BCUT2D eigenvalue weighted by Gasteiger charge is 2.29. The third kappa shape index (κ3) is 5.01. The van der Waals surface area contributed by atoms with E-state index < -0.39 is 0 Å². The Balaban J connectivity index is 1.41. The minimum absolute atomic E-state index is 0.0294. The molecule has 8 nitrogen and oxygen atoms in total. The first kappa shape index (κ1) is 21.7. The van der Waals surface area contributed by atoms with Crippen LogP contribution in [0.1, 0.15) is 61.2 Å². The predicted octanol–water partition coefficient (Wildman–Crippen LogP) is 4.02. The van der Waals surface area contributed by atoms with E-state index in [1.807, 2.05) is 52.0 Å². The molecule has 4 rings (SSSR count). The van der Waals surface area contributed by atoms with Gasteiger partial charge in [-0.1, -0.05) is 44.1 Å². The number of pyridine rings is 1. The van der Waals surface area contributed by atoms with Gasteiger partial charge < -0.3 is 15.2 Å². The van der Waals surface area contributed by atoms with Crippen LogP contribution in [0.3, 0.4) is 0 Å². The maximum absolute atomic E-state index is 12.4. The van der Waals surface area contributed by atoms with Gasteiger partial charge in [-0.15, -0.1) is 0 Å². The minimum Gasteiger partial charge on any atom is -0.345 e. The largest absolute Gasteiger partial charge is 0.345 e. The van der Waals surface area contributed by atoms with E-state index in [-0.39, 0.29) is 29.0 Å². The van der Waals surface area contributed by atoms with Crippen molar-refractivity contribution >= 4 is 17.6 Å². The smallest absolute Gasteiger partial charge is 0.292 e. The molecule has 8 heteroatoms. The topological polar surface area (TPSA) is 110 Å². The van der Waals surface area contributed by atoms with Crippen LogP contribution in [0.15, 0.2) is 41.1 Å². The standard InChI is InChI=1S/C24H27N5O3/c1-14-11-16(17-9-10-25-19(12-17)27-21(30)15-5-6-15)7-8-18(14)13-26-22(31)20-28-23(32-29-20)24(2,3)4/h7-12,15H,5-6,13H2,1-4H3,(H,26,31)(H,25,27,30). The molecule has 2 aromatic heterocycles. The molecule has 0 radical (unpaired) electrons. The number of nitrogens with zero attached hydrogens (tertiary/aromatic N) is 3. The molecular formula is C24H27N5O3. The number of nitrogens with one attached hydrogen (secondary N) is 2. The van der Waals surface area contributed by atoms with Crippen molar-refractivity contribution in [1.29, 1.82) is 0 Å². The first-order chi connectivity index (χ1) is 15.2. The summed E-state index contributed by atoms with van der Waals surface area (Å²) in [5.74, 6) is 0.800. The maximum Gasteiger partial charge on any atom is 0.292 e. The second-order valence-corrected chi connectivity index (χ2v) is 9.19. The molecule has 1 saturated carbocycles. The Bertz CT molecular complexity index is 1160. The first-order valence-electron chi connectivity index (χ1n) is 10.7. The van der Waals surface area contributed by atoms with Gasteiger partial charge in [0.1, 0.15) is 5.82 Å². The number of carbonyl (C=O) groups is 2. The SMILES string of the molecule is Cc1cc(-c2ccnc(NC(=O)C3CC3)c2)ccc1CNC(=O)c1noc(C(C)(C)C)n1. The summed E-state index contributed by atoms with van der Waals surface area (Å²) >= 11 is 0. The Morgan fingerprint density at radius 1 is 1.12 bits per heavy atom. The van der Waals surface area contributed by atoms with Crippen LogP contribution in [0.4, 0.5) is 5.82 Å². The molecule has 2 heterocycles. The number of benzene rings is 1. The average Bonchev–Trinajstić information content (AvgIpc) is 3.48. The third-order valence-electron chi connectivity index (χ3n) is 5.35. The molecule has 2 N–H and O–H groups in total. The summed E-state index contributed by atoms with van der Waals surface area (Å²) in [6, 6.07) is 9.80. The van der Waals surface area contributed by atoms with E-state index >= 15 is 0 Å². The van der Waals surface area contributed by atoms with Crippen LogP contribution in [0.5, 0.6) is 0 Å². The molecule has 1 aliphatic carbocycles. The Labute approximate surface area is 186 Å². The van der Waals surface area contributed by atoms with Crippen LogP contribution in [0.25, 0.3) is 11.1 Å². The molecule has 166 valence electrons. The van der Waals surface area contributed by atoms with Crippen LogP contribution in [-0.2, 0) is 16.8 Å². The predicted molar refractivity (Wildman–Crippen MR) is 120 cm³/mol. The summed E-state index contributed by atoms with van der Waals surface area (Å²) in [6.45, 7) is 8.18. The lowest BCUT2D eigenvalue weighted by Crippen LogP contribution is -2.24. The number of hydrogen-bond acceptors (Lipinski definition) is 6. The normalized spacial score (nSPS) is 13.6. The zero-order chi connectivity index (χ0) is 22.9. The fourth-order valence-electron chi connectivity index (χ4n) is 3.20. The number of carbonyl (C=O) groups excluding carboxylic acids is 2. The van der Waals surface area contributed by atoms with E-state index in [0.717, 1.165) is 35.1 Å². The monoisotopic (exact) mass is 433 g/mol.